The summed E-state index contributed by atoms with van der Waals surface area (Å²) in [6.45, 7) is 0.466. The van der Waals surface area contributed by atoms with Gasteiger partial charge in [0.1, 0.15) is 17.3 Å². The Morgan fingerprint density at radius 3 is 2.56 bits per heavy atom. The summed E-state index contributed by atoms with van der Waals surface area (Å²) < 4.78 is 19.5. The topological polar surface area (TPSA) is 28.4 Å². The van der Waals surface area contributed by atoms with E-state index in [1.165, 1.54) is 6.07 Å². The molecule has 0 atom stereocenters. The monoisotopic (exact) mass is 374 g/mol. The fourth-order valence-corrected chi connectivity index (χ4v) is 2.61. The zero-order valence-corrected chi connectivity index (χ0v) is 15.1. The van der Waals surface area contributed by atoms with Gasteiger partial charge in [0.05, 0.1) is 12.2 Å². The number of halogens is 2. The largest absolute Gasteiger partial charge is 0.459 e. The van der Waals surface area contributed by atoms with Crippen LogP contribution in [0.4, 0.5) is 10.1 Å². The van der Waals surface area contributed by atoms with E-state index in [2.05, 4.69) is 5.32 Å². The molecule has 0 amide bonds. The van der Waals surface area contributed by atoms with Crippen molar-refractivity contribution in [3.63, 3.8) is 0 Å². The van der Waals surface area contributed by atoms with Crippen LogP contribution in [-0.4, -0.2) is 17.1 Å². The average Bonchev–Trinajstić information content (AvgIpc) is 3.06. The zero-order valence-electron chi connectivity index (χ0n) is 13.5. The lowest BCUT2D eigenvalue weighted by Crippen LogP contribution is -2.30. The molecule has 0 unspecified atom stereocenters. The minimum absolute atomic E-state index is 0.346. The second kappa shape index (κ2) is 7.68. The van der Waals surface area contributed by atoms with Gasteiger partial charge < -0.3 is 14.6 Å². The summed E-state index contributed by atoms with van der Waals surface area (Å²) in [4.78, 5) is 1.78. The Labute approximate surface area is 156 Å². The van der Waals surface area contributed by atoms with E-state index in [1.807, 2.05) is 43.4 Å². The number of nitrogens with zero attached hydrogens (tertiary/aromatic N) is 1. The first-order valence-electron chi connectivity index (χ1n) is 7.64. The third-order valence-corrected chi connectivity index (χ3v) is 4.31. The minimum atomic E-state index is -0.346. The molecule has 0 radical (unpaired) electrons. The zero-order chi connectivity index (χ0) is 17.8. The molecule has 1 heterocycles. The highest BCUT2D eigenvalue weighted by Gasteiger charge is 2.11. The number of anilines is 1. The van der Waals surface area contributed by atoms with Gasteiger partial charge in [-0.05, 0) is 60.7 Å². The summed E-state index contributed by atoms with van der Waals surface area (Å²) >= 11 is 11.2. The predicted molar refractivity (Wildman–Crippen MR) is 103 cm³/mol. The fraction of sp³-hybridized carbons (Fsp3) is 0.105. The molecule has 0 bridgehead atoms. The summed E-state index contributed by atoms with van der Waals surface area (Å²) in [6, 6.07) is 17.6. The molecule has 3 rings (SSSR count). The predicted octanol–water partition coefficient (Wildman–Crippen LogP) is 5.57. The van der Waals surface area contributed by atoms with Crippen LogP contribution < -0.4 is 5.32 Å². The lowest BCUT2D eigenvalue weighted by atomic mass is 10.2. The van der Waals surface area contributed by atoms with Crippen LogP contribution in [0.1, 0.15) is 5.76 Å². The number of furan rings is 1. The number of para-hydroxylation sites is 1. The third-order valence-electron chi connectivity index (χ3n) is 3.65. The first kappa shape index (κ1) is 17.5. The van der Waals surface area contributed by atoms with Crippen molar-refractivity contribution in [1.82, 2.24) is 4.90 Å². The van der Waals surface area contributed by atoms with Crippen LogP contribution in [0.5, 0.6) is 0 Å². The maximum atomic E-state index is 13.7. The molecule has 0 aliphatic heterocycles. The van der Waals surface area contributed by atoms with E-state index in [-0.39, 0.29) is 5.82 Å². The molecular weight excluding hydrogens is 359 g/mol. The molecule has 25 heavy (non-hydrogen) atoms. The Morgan fingerprint density at radius 2 is 1.84 bits per heavy atom. The molecule has 3 aromatic rings. The molecule has 1 N–H and O–H groups in total. The summed E-state index contributed by atoms with van der Waals surface area (Å²) in [6.07, 6.45) is 0. The SMILES string of the molecule is CN(Cc1ccc(-c2ccc(Cl)cc2)o1)C(=S)Nc1ccccc1F. The van der Waals surface area contributed by atoms with Crippen molar-refractivity contribution in [2.45, 2.75) is 6.54 Å². The van der Waals surface area contributed by atoms with Crippen molar-refractivity contribution in [3.8, 4) is 11.3 Å². The van der Waals surface area contributed by atoms with Crippen molar-refractivity contribution >= 4 is 34.6 Å². The molecular formula is C19H16ClFN2OS. The average molecular weight is 375 g/mol. The maximum Gasteiger partial charge on any atom is 0.173 e. The Kier molecular flexibility index (Phi) is 5.36. The van der Waals surface area contributed by atoms with Crippen LogP contribution >= 0.6 is 23.8 Å². The number of hydrogen-bond acceptors (Lipinski definition) is 2. The van der Waals surface area contributed by atoms with Crippen LogP contribution in [0.25, 0.3) is 11.3 Å². The van der Waals surface area contributed by atoms with E-state index in [4.69, 9.17) is 28.2 Å². The van der Waals surface area contributed by atoms with Crippen molar-refractivity contribution in [2.75, 3.05) is 12.4 Å². The van der Waals surface area contributed by atoms with Crippen LogP contribution in [-0.2, 0) is 6.54 Å². The van der Waals surface area contributed by atoms with Crippen LogP contribution in [0.2, 0.25) is 5.02 Å². The molecule has 0 spiro atoms. The number of rotatable bonds is 4. The summed E-state index contributed by atoms with van der Waals surface area (Å²) in [5, 5.41) is 3.99. The summed E-state index contributed by atoms with van der Waals surface area (Å²) in [5.74, 6) is 1.17. The van der Waals surface area contributed by atoms with Gasteiger partial charge in [-0.25, -0.2) is 4.39 Å². The third kappa shape index (κ3) is 4.38. The smallest absolute Gasteiger partial charge is 0.173 e. The normalized spacial score (nSPS) is 10.5. The van der Waals surface area contributed by atoms with Gasteiger partial charge in [-0.2, -0.15) is 0 Å². The molecule has 128 valence electrons. The van der Waals surface area contributed by atoms with Gasteiger partial charge in [-0.15, -0.1) is 0 Å². The van der Waals surface area contributed by atoms with Gasteiger partial charge >= 0.3 is 0 Å². The molecule has 3 nitrogen and oxygen atoms in total. The van der Waals surface area contributed by atoms with Gasteiger partial charge in [0.25, 0.3) is 0 Å². The molecule has 0 saturated carbocycles. The molecule has 1 aromatic heterocycles. The highest BCUT2D eigenvalue weighted by molar-refractivity contribution is 7.80. The van der Waals surface area contributed by atoms with Crippen molar-refractivity contribution in [2.24, 2.45) is 0 Å². The molecule has 0 aliphatic carbocycles. The Hall–Kier alpha value is -2.37. The maximum absolute atomic E-state index is 13.7. The van der Waals surface area contributed by atoms with Gasteiger partial charge in [-0.1, -0.05) is 23.7 Å². The quantitative estimate of drug-likeness (QED) is 0.604. The number of nitrogens with one attached hydrogen (secondary N) is 1. The Bertz CT molecular complexity index is 879. The van der Waals surface area contributed by atoms with Crippen molar-refractivity contribution in [3.05, 3.63) is 77.3 Å². The van der Waals surface area contributed by atoms with Crippen molar-refractivity contribution in [1.29, 1.82) is 0 Å². The molecule has 2 aromatic carbocycles. The van der Waals surface area contributed by atoms with Crippen molar-refractivity contribution < 1.29 is 8.81 Å². The van der Waals surface area contributed by atoms with Gasteiger partial charge in [0, 0.05) is 17.6 Å². The highest BCUT2D eigenvalue weighted by Crippen LogP contribution is 2.24. The Balaban J connectivity index is 1.65. The van der Waals surface area contributed by atoms with E-state index >= 15 is 0 Å². The molecule has 0 aliphatic rings. The minimum Gasteiger partial charge on any atom is -0.459 e. The Morgan fingerprint density at radius 1 is 1.12 bits per heavy atom. The molecule has 6 heteroatoms. The highest BCUT2D eigenvalue weighted by atomic mass is 35.5. The summed E-state index contributed by atoms with van der Waals surface area (Å²) in [7, 11) is 1.82. The van der Waals surface area contributed by atoms with E-state index in [1.54, 1.807) is 23.1 Å². The lowest BCUT2D eigenvalue weighted by molar-refractivity contribution is 0.419. The van der Waals surface area contributed by atoms with Gasteiger partial charge in [0.2, 0.25) is 0 Å². The fourth-order valence-electron chi connectivity index (χ4n) is 2.31. The van der Waals surface area contributed by atoms with E-state index in [9.17, 15) is 4.39 Å². The summed E-state index contributed by atoms with van der Waals surface area (Å²) in [5.41, 5.74) is 1.30. The molecule has 0 saturated heterocycles. The van der Waals surface area contributed by atoms with Gasteiger partial charge in [-0.3, -0.25) is 0 Å². The van der Waals surface area contributed by atoms with Gasteiger partial charge in [0.15, 0.2) is 5.11 Å². The standard InChI is InChI=1S/C19H16ClFN2OS/c1-23(19(25)22-17-5-3-2-4-16(17)21)12-15-10-11-18(24-15)13-6-8-14(20)9-7-13/h2-11H,12H2,1H3,(H,22,25). The second-order valence-electron chi connectivity index (χ2n) is 5.54. The lowest BCUT2D eigenvalue weighted by Gasteiger charge is -2.20. The van der Waals surface area contributed by atoms with Crippen LogP contribution in [0.3, 0.4) is 0 Å². The molecule has 0 fully saturated rings. The first-order valence-corrected chi connectivity index (χ1v) is 8.43. The number of benzene rings is 2. The van der Waals surface area contributed by atoms with E-state index in [0.29, 0.717) is 22.4 Å². The van der Waals surface area contributed by atoms with E-state index < -0.39 is 0 Å². The van der Waals surface area contributed by atoms with Crippen LogP contribution in [0.15, 0.2) is 65.1 Å². The first-order chi connectivity index (χ1) is 12.0. The second-order valence-corrected chi connectivity index (χ2v) is 6.36. The van der Waals surface area contributed by atoms with Crippen LogP contribution in [0, 0.1) is 5.82 Å². The number of hydrogen-bond donors (Lipinski definition) is 1. The van der Waals surface area contributed by atoms with E-state index in [0.717, 1.165) is 17.1 Å². The number of thiocarbonyl (C=S) groups is 1.